The Morgan fingerprint density at radius 3 is 1.27 bits per heavy atom. The van der Waals surface area contributed by atoms with E-state index in [4.69, 9.17) is 0 Å². The van der Waals surface area contributed by atoms with Crippen LogP contribution in [0.1, 0.15) is 38.2 Å². The number of ketones is 1. The van der Waals surface area contributed by atoms with Crippen molar-refractivity contribution < 1.29 is 39.9 Å². The van der Waals surface area contributed by atoms with Crippen molar-refractivity contribution in [1.29, 1.82) is 0 Å². The second-order valence-electron chi connectivity index (χ2n) is 5.62. The van der Waals surface area contributed by atoms with Gasteiger partial charge >= 0.3 is 12.4 Å². The molecule has 0 heterocycles. The van der Waals surface area contributed by atoms with Gasteiger partial charge in [0.1, 0.15) is 11.6 Å². The molecule has 2 aromatic rings. The molecule has 0 aliphatic heterocycles. The number of benzene rings is 2. The van der Waals surface area contributed by atoms with E-state index in [-0.39, 0.29) is 12.1 Å². The predicted octanol–water partition coefficient (Wildman–Crippen LogP) is 5.85. The van der Waals surface area contributed by atoms with E-state index in [1.54, 1.807) is 0 Å². The number of carbonyl (C=O) groups is 1. The molecule has 26 heavy (non-hydrogen) atoms. The first-order valence-corrected chi connectivity index (χ1v) is 7.03. The maximum absolute atomic E-state index is 13.5. The Hall–Kier alpha value is -2.45. The summed E-state index contributed by atoms with van der Waals surface area (Å²) in [6, 6.07) is 1.39. The van der Waals surface area contributed by atoms with Crippen molar-refractivity contribution in [3.05, 3.63) is 69.3 Å². The van der Waals surface area contributed by atoms with Crippen LogP contribution in [-0.2, 0) is 12.4 Å². The molecular weight excluding hydrogens is 372 g/mol. The number of aryl methyl sites for hydroxylation is 2. The lowest BCUT2D eigenvalue weighted by Crippen LogP contribution is -2.20. The van der Waals surface area contributed by atoms with Gasteiger partial charge in [-0.15, -0.1) is 0 Å². The Kier molecular flexibility index (Phi) is 4.87. The van der Waals surface area contributed by atoms with Crippen LogP contribution in [0.3, 0.4) is 0 Å². The molecule has 0 aliphatic rings. The standard InChI is InChI=1S/C17H10F8O/c1-7-3-9(18)5-11(13(7)16(20,21)22)15(26)12-6-10(19)4-8(2)14(12)17(23,24)25/h3-6H,1-2H3. The van der Waals surface area contributed by atoms with E-state index < -0.39 is 63.2 Å². The van der Waals surface area contributed by atoms with Gasteiger partial charge in [-0.2, -0.15) is 26.3 Å². The third kappa shape index (κ3) is 3.71. The van der Waals surface area contributed by atoms with E-state index in [2.05, 4.69) is 0 Å². The molecule has 2 aromatic carbocycles. The minimum absolute atomic E-state index is 0.193. The third-order valence-corrected chi connectivity index (χ3v) is 3.66. The Morgan fingerprint density at radius 1 is 0.692 bits per heavy atom. The van der Waals surface area contributed by atoms with Crippen LogP contribution in [0.5, 0.6) is 0 Å². The second kappa shape index (κ2) is 6.37. The third-order valence-electron chi connectivity index (χ3n) is 3.66. The van der Waals surface area contributed by atoms with Gasteiger partial charge < -0.3 is 0 Å². The molecule has 0 unspecified atom stereocenters. The van der Waals surface area contributed by atoms with Gasteiger partial charge in [0.15, 0.2) is 5.78 Å². The maximum Gasteiger partial charge on any atom is 0.417 e. The smallest absolute Gasteiger partial charge is 0.289 e. The highest BCUT2D eigenvalue weighted by Gasteiger charge is 2.41. The zero-order valence-electron chi connectivity index (χ0n) is 13.2. The van der Waals surface area contributed by atoms with E-state index in [0.717, 1.165) is 13.8 Å². The molecule has 140 valence electrons. The van der Waals surface area contributed by atoms with Gasteiger partial charge in [-0.25, -0.2) is 8.78 Å². The fraction of sp³-hybridized carbons (Fsp3) is 0.235. The molecule has 0 saturated heterocycles. The molecule has 0 fully saturated rings. The van der Waals surface area contributed by atoms with Crippen molar-refractivity contribution in [3.8, 4) is 0 Å². The number of rotatable bonds is 2. The van der Waals surface area contributed by atoms with Crippen LogP contribution >= 0.6 is 0 Å². The normalized spacial score (nSPS) is 12.4. The first kappa shape index (κ1) is 19.9. The Labute approximate surface area is 142 Å². The molecule has 9 heteroatoms. The first-order chi connectivity index (χ1) is 11.7. The summed E-state index contributed by atoms with van der Waals surface area (Å²) in [5, 5.41) is 0. The van der Waals surface area contributed by atoms with E-state index in [1.165, 1.54) is 0 Å². The van der Waals surface area contributed by atoms with Crippen LogP contribution in [0.4, 0.5) is 35.1 Å². The summed E-state index contributed by atoms with van der Waals surface area (Å²) in [7, 11) is 0. The summed E-state index contributed by atoms with van der Waals surface area (Å²) in [5.41, 5.74) is -7.13. The summed E-state index contributed by atoms with van der Waals surface area (Å²) in [6.07, 6.45) is -10.2. The minimum Gasteiger partial charge on any atom is -0.289 e. The molecule has 0 atom stereocenters. The van der Waals surface area contributed by atoms with Crippen molar-refractivity contribution in [2.75, 3.05) is 0 Å². The van der Waals surface area contributed by atoms with E-state index in [0.29, 0.717) is 12.1 Å². The maximum atomic E-state index is 13.5. The fourth-order valence-corrected chi connectivity index (χ4v) is 2.74. The van der Waals surface area contributed by atoms with E-state index in [9.17, 15) is 39.9 Å². The molecule has 0 N–H and O–H groups in total. The van der Waals surface area contributed by atoms with Crippen LogP contribution in [-0.4, -0.2) is 5.78 Å². The van der Waals surface area contributed by atoms with Crippen LogP contribution in [0.2, 0.25) is 0 Å². The minimum atomic E-state index is -5.12. The van der Waals surface area contributed by atoms with Crippen molar-refractivity contribution in [1.82, 2.24) is 0 Å². The van der Waals surface area contributed by atoms with Gasteiger partial charge in [0, 0.05) is 11.1 Å². The van der Waals surface area contributed by atoms with Crippen LogP contribution < -0.4 is 0 Å². The summed E-state index contributed by atoms with van der Waals surface area (Å²) in [4.78, 5) is 12.5. The van der Waals surface area contributed by atoms with Gasteiger partial charge in [0.2, 0.25) is 0 Å². The summed E-state index contributed by atoms with van der Waals surface area (Å²) in [6.45, 7) is 1.73. The second-order valence-corrected chi connectivity index (χ2v) is 5.62. The molecule has 0 aliphatic carbocycles. The monoisotopic (exact) mass is 382 g/mol. The zero-order valence-corrected chi connectivity index (χ0v) is 13.2. The van der Waals surface area contributed by atoms with Crippen LogP contribution in [0, 0.1) is 25.5 Å². The van der Waals surface area contributed by atoms with Gasteiger partial charge in [0.25, 0.3) is 0 Å². The van der Waals surface area contributed by atoms with Crippen LogP contribution in [0.25, 0.3) is 0 Å². The number of hydrogen-bond acceptors (Lipinski definition) is 1. The lowest BCUT2D eigenvalue weighted by Gasteiger charge is -2.18. The number of hydrogen-bond donors (Lipinski definition) is 0. The van der Waals surface area contributed by atoms with Gasteiger partial charge in [-0.05, 0) is 49.2 Å². The first-order valence-electron chi connectivity index (χ1n) is 7.03. The van der Waals surface area contributed by atoms with Crippen LogP contribution in [0.15, 0.2) is 24.3 Å². The molecule has 1 nitrogen and oxygen atoms in total. The average Bonchev–Trinajstić information content (AvgIpc) is 2.41. The average molecular weight is 382 g/mol. The highest BCUT2D eigenvalue weighted by Crippen LogP contribution is 2.39. The van der Waals surface area contributed by atoms with Gasteiger partial charge in [0.05, 0.1) is 11.1 Å². The van der Waals surface area contributed by atoms with E-state index >= 15 is 0 Å². The highest BCUT2D eigenvalue weighted by molar-refractivity contribution is 6.11. The lowest BCUT2D eigenvalue weighted by molar-refractivity contribution is -0.138. The molecule has 0 radical (unpaired) electrons. The van der Waals surface area contributed by atoms with Crippen molar-refractivity contribution >= 4 is 5.78 Å². The number of alkyl halides is 6. The summed E-state index contributed by atoms with van der Waals surface area (Å²) in [5.74, 6) is -4.24. The number of carbonyl (C=O) groups excluding carboxylic acids is 1. The molecular formula is C17H10F8O. The molecule has 0 aromatic heterocycles. The van der Waals surface area contributed by atoms with Gasteiger partial charge in [-0.3, -0.25) is 4.79 Å². The summed E-state index contributed by atoms with van der Waals surface area (Å²) < 4.78 is 107. The quantitative estimate of drug-likeness (QED) is 0.470. The van der Waals surface area contributed by atoms with Crippen molar-refractivity contribution in [2.45, 2.75) is 26.2 Å². The van der Waals surface area contributed by atoms with Gasteiger partial charge in [-0.1, -0.05) is 0 Å². The zero-order chi connectivity index (χ0) is 20.0. The largest absolute Gasteiger partial charge is 0.417 e. The molecule has 0 saturated carbocycles. The Bertz CT molecular complexity index is 806. The van der Waals surface area contributed by atoms with Crippen molar-refractivity contribution in [3.63, 3.8) is 0 Å². The lowest BCUT2D eigenvalue weighted by atomic mass is 9.90. The Balaban J connectivity index is 2.84. The molecule has 0 spiro atoms. The summed E-state index contributed by atoms with van der Waals surface area (Å²) >= 11 is 0. The molecule has 0 bridgehead atoms. The predicted molar refractivity (Wildman–Crippen MR) is 75.7 cm³/mol. The topological polar surface area (TPSA) is 17.1 Å². The Morgan fingerprint density at radius 2 is 1.00 bits per heavy atom. The highest BCUT2D eigenvalue weighted by atomic mass is 19.4. The molecule has 0 amide bonds. The fourth-order valence-electron chi connectivity index (χ4n) is 2.74. The van der Waals surface area contributed by atoms with Crippen molar-refractivity contribution in [2.24, 2.45) is 0 Å². The number of halogens is 8. The molecule has 2 rings (SSSR count). The van der Waals surface area contributed by atoms with E-state index in [1.807, 2.05) is 0 Å². The SMILES string of the molecule is Cc1cc(F)cc(C(=O)c2cc(F)cc(C)c2C(F)(F)F)c1C(F)(F)F.